The molecule has 5 rings (SSSR count). The summed E-state index contributed by atoms with van der Waals surface area (Å²) in [4.78, 5) is 0. The summed E-state index contributed by atoms with van der Waals surface area (Å²) in [5.41, 5.74) is 5.06. The Balaban J connectivity index is 1.57. The van der Waals surface area contributed by atoms with E-state index in [1.54, 1.807) is 0 Å². The fraction of sp³-hybridized carbons (Fsp3) is 0.933. The molecule has 7 atom stereocenters. The van der Waals surface area contributed by atoms with Crippen molar-refractivity contribution >= 4 is 0 Å². The van der Waals surface area contributed by atoms with Gasteiger partial charge in [0, 0.05) is 0 Å². The highest BCUT2D eigenvalue weighted by molar-refractivity contribution is 5.33. The predicted molar refractivity (Wildman–Crippen MR) is 129 cm³/mol. The smallest absolute Gasteiger partial charge is 0.00566 e. The van der Waals surface area contributed by atoms with E-state index >= 15 is 0 Å². The highest BCUT2D eigenvalue weighted by Gasteiger charge is 2.66. The third-order valence-corrected chi connectivity index (χ3v) is 12.8. The summed E-state index contributed by atoms with van der Waals surface area (Å²) in [7, 11) is 0. The average Bonchev–Trinajstić information content (AvgIpc) is 2.64. The maximum Gasteiger partial charge on any atom is -0.00566 e. The molecule has 4 saturated carbocycles. The van der Waals surface area contributed by atoms with Crippen molar-refractivity contribution in [2.75, 3.05) is 0 Å². The molecule has 0 spiro atoms. The Morgan fingerprint density at radius 2 is 1.43 bits per heavy atom. The minimum atomic E-state index is 0.434. The maximum atomic E-state index is 2.83. The second-order valence-corrected chi connectivity index (χ2v) is 15.2. The monoisotopic (exact) mass is 410 g/mol. The van der Waals surface area contributed by atoms with E-state index in [2.05, 4.69) is 61.5 Å². The van der Waals surface area contributed by atoms with E-state index in [4.69, 9.17) is 0 Å². The quantitative estimate of drug-likeness (QED) is 0.349. The van der Waals surface area contributed by atoms with E-state index in [1.807, 2.05) is 5.57 Å². The van der Waals surface area contributed by atoms with Gasteiger partial charge in [0.25, 0.3) is 0 Å². The standard InChI is InChI=1S/C30H50/c1-25(2)16-17-27(5)18-19-29(7)22-10-11-23-26(3,4)13-9-14-28(23,6)21(22)12-15-30(29,8)24(27)20-25/h10,21,23-24H,9,11-20H2,1-8H3/t21-,23+,24+,27+,28+,29+,30-/m0/s1. The van der Waals surface area contributed by atoms with E-state index in [-0.39, 0.29) is 0 Å². The van der Waals surface area contributed by atoms with Crippen molar-refractivity contribution in [1.82, 2.24) is 0 Å². The van der Waals surface area contributed by atoms with E-state index in [0.717, 1.165) is 17.8 Å². The maximum absolute atomic E-state index is 2.83. The highest BCUT2D eigenvalue weighted by atomic mass is 14.7. The Kier molecular flexibility index (Phi) is 4.46. The van der Waals surface area contributed by atoms with Crippen LogP contribution in [-0.4, -0.2) is 0 Å². The van der Waals surface area contributed by atoms with Crippen LogP contribution >= 0.6 is 0 Å². The van der Waals surface area contributed by atoms with Gasteiger partial charge < -0.3 is 0 Å². The van der Waals surface area contributed by atoms with Crippen LogP contribution in [0.5, 0.6) is 0 Å². The number of fused-ring (bicyclic) bond motifs is 7. The normalized spacial score (nSPS) is 54.1. The lowest BCUT2D eigenvalue weighted by Gasteiger charge is -2.71. The molecular weight excluding hydrogens is 360 g/mol. The van der Waals surface area contributed by atoms with Gasteiger partial charge >= 0.3 is 0 Å². The van der Waals surface area contributed by atoms with Crippen LogP contribution in [0.2, 0.25) is 0 Å². The third-order valence-electron chi connectivity index (χ3n) is 12.8. The van der Waals surface area contributed by atoms with Gasteiger partial charge in [0.1, 0.15) is 0 Å². The van der Waals surface area contributed by atoms with Gasteiger partial charge in [-0.05, 0) is 114 Å². The molecule has 0 aliphatic heterocycles. The molecule has 5 aliphatic carbocycles. The molecule has 30 heavy (non-hydrogen) atoms. The minimum absolute atomic E-state index is 0.434. The minimum Gasteiger partial charge on any atom is -0.0841 e. The van der Waals surface area contributed by atoms with Gasteiger partial charge in [-0.2, -0.15) is 0 Å². The van der Waals surface area contributed by atoms with E-state index in [0.29, 0.717) is 32.5 Å². The molecule has 0 unspecified atom stereocenters. The molecule has 5 aliphatic rings. The molecular formula is C30H50. The summed E-state index contributed by atoms with van der Waals surface area (Å²) in [6.45, 7) is 21.2. The van der Waals surface area contributed by atoms with Gasteiger partial charge in [-0.1, -0.05) is 73.5 Å². The highest BCUT2D eigenvalue weighted by Crippen LogP contribution is 2.75. The van der Waals surface area contributed by atoms with Crippen molar-refractivity contribution in [3.05, 3.63) is 11.6 Å². The van der Waals surface area contributed by atoms with Crippen LogP contribution < -0.4 is 0 Å². The first-order valence-electron chi connectivity index (χ1n) is 13.5. The molecule has 0 nitrogen and oxygen atoms in total. The summed E-state index contributed by atoms with van der Waals surface area (Å²) in [6, 6.07) is 0. The lowest BCUT2D eigenvalue weighted by atomic mass is 9.34. The van der Waals surface area contributed by atoms with Crippen LogP contribution in [0.3, 0.4) is 0 Å². The molecule has 0 aromatic heterocycles. The van der Waals surface area contributed by atoms with E-state index in [9.17, 15) is 0 Å². The SMILES string of the molecule is CC1(C)CC[C@]2(C)CC[C@]3(C)C4=CC[C@@H]5C(C)(C)CCC[C@]5(C)[C@H]4CC[C@@]3(C)[C@@H]2C1. The van der Waals surface area contributed by atoms with Gasteiger partial charge in [-0.3, -0.25) is 0 Å². The number of rotatable bonds is 0. The Hall–Kier alpha value is -0.260. The summed E-state index contributed by atoms with van der Waals surface area (Å²) < 4.78 is 0. The Morgan fingerprint density at radius 3 is 2.17 bits per heavy atom. The topological polar surface area (TPSA) is 0 Å². The van der Waals surface area contributed by atoms with Crippen LogP contribution in [-0.2, 0) is 0 Å². The first kappa shape index (κ1) is 21.6. The third kappa shape index (κ3) is 2.64. The van der Waals surface area contributed by atoms with Crippen molar-refractivity contribution < 1.29 is 0 Å². The van der Waals surface area contributed by atoms with Crippen molar-refractivity contribution in [1.29, 1.82) is 0 Å². The largest absolute Gasteiger partial charge is 0.0841 e. The van der Waals surface area contributed by atoms with Crippen molar-refractivity contribution in [3.63, 3.8) is 0 Å². The van der Waals surface area contributed by atoms with Crippen LogP contribution in [0.25, 0.3) is 0 Å². The molecule has 170 valence electrons. The fourth-order valence-electron chi connectivity index (χ4n) is 10.6. The zero-order valence-electron chi connectivity index (χ0n) is 21.6. The Labute approximate surface area is 188 Å². The second kappa shape index (κ2) is 6.20. The van der Waals surface area contributed by atoms with Gasteiger partial charge in [0.2, 0.25) is 0 Å². The molecule has 0 radical (unpaired) electrons. The van der Waals surface area contributed by atoms with Crippen molar-refractivity contribution in [3.8, 4) is 0 Å². The van der Waals surface area contributed by atoms with Crippen LogP contribution in [0.1, 0.15) is 126 Å². The number of allylic oxidation sites excluding steroid dienone is 2. The second-order valence-electron chi connectivity index (χ2n) is 15.2. The first-order chi connectivity index (χ1) is 13.8. The molecule has 0 amide bonds. The van der Waals surface area contributed by atoms with Crippen molar-refractivity contribution in [2.24, 2.45) is 50.2 Å². The molecule has 0 aromatic rings. The number of hydrogen-bond acceptors (Lipinski definition) is 0. The summed E-state index contributed by atoms with van der Waals surface area (Å²) in [5, 5.41) is 0. The zero-order valence-corrected chi connectivity index (χ0v) is 21.6. The molecule has 4 fully saturated rings. The van der Waals surface area contributed by atoms with Gasteiger partial charge in [0.05, 0.1) is 0 Å². The van der Waals surface area contributed by atoms with E-state index in [1.165, 1.54) is 70.6 Å². The molecule has 0 saturated heterocycles. The number of hydrogen-bond donors (Lipinski definition) is 0. The molecule has 0 heterocycles. The van der Waals surface area contributed by atoms with Gasteiger partial charge in [0.15, 0.2) is 0 Å². The lowest BCUT2D eigenvalue weighted by molar-refractivity contribution is -0.170. The Bertz CT molecular complexity index is 754. The van der Waals surface area contributed by atoms with Crippen LogP contribution in [0.15, 0.2) is 11.6 Å². The zero-order chi connectivity index (χ0) is 21.8. The summed E-state index contributed by atoms with van der Waals surface area (Å²) >= 11 is 0. The predicted octanol–water partition coefficient (Wildman–Crippen LogP) is 9.20. The molecule has 0 aromatic carbocycles. The van der Waals surface area contributed by atoms with E-state index < -0.39 is 0 Å². The Morgan fingerprint density at radius 1 is 0.733 bits per heavy atom. The molecule has 0 N–H and O–H groups in total. The lowest BCUT2D eigenvalue weighted by Crippen LogP contribution is -2.62. The molecule has 0 bridgehead atoms. The molecule has 0 heteroatoms. The van der Waals surface area contributed by atoms with Gasteiger partial charge in [-0.15, -0.1) is 0 Å². The van der Waals surface area contributed by atoms with Crippen molar-refractivity contribution in [2.45, 2.75) is 126 Å². The average molecular weight is 411 g/mol. The van der Waals surface area contributed by atoms with Crippen LogP contribution in [0.4, 0.5) is 0 Å². The summed E-state index contributed by atoms with van der Waals surface area (Å²) in [6.07, 6.45) is 18.8. The summed E-state index contributed by atoms with van der Waals surface area (Å²) in [5.74, 6) is 2.65. The van der Waals surface area contributed by atoms with Crippen LogP contribution in [0, 0.1) is 50.2 Å². The van der Waals surface area contributed by atoms with Gasteiger partial charge in [-0.25, -0.2) is 0 Å². The first-order valence-corrected chi connectivity index (χ1v) is 13.5. The fourth-order valence-corrected chi connectivity index (χ4v) is 10.6.